The molecule has 0 saturated heterocycles. The molecule has 0 amide bonds. The van der Waals surface area contributed by atoms with Crippen molar-refractivity contribution in [3.63, 3.8) is 0 Å². The third-order valence-electron chi connectivity index (χ3n) is 3.41. The van der Waals surface area contributed by atoms with Crippen LogP contribution >= 0.6 is 0 Å². The highest BCUT2D eigenvalue weighted by atomic mass is 19.3. The minimum atomic E-state index is -2.54. The van der Waals surface area contributed by atoms with E-state index in [0.29, 0.717) is 12.8 Å². The van der Waals surface area contributed by atoms with Crippen molar-refractivity contribution in [1.82, 2.24) is 5.32 Å². The summed E-state index contributed by atoms with van der Waals surface area (Å²) in [7, 11) is 1.61. The molecule has 0 aromatic heterocycles. The van der Waals surface area contributed by atoms with E-state index in [1.807, 2.05) is 0 Å². The summed E-state index contributed by atoms with van der Waals surface area (Å²) in [6.07, 6.45) is 5.58. The highest BCUT2D eigenvalue weighted by molar-refractivity contribution is 4.86. The van der Waals surface area contributed by atoms with Gasteiger partial charge < -0.3 is 5.32 Å². The minimum Gasteiger partial charge on any atom is -0.312 e. The van der Waals surface area contributed by atoms with Gasteiger partial charge in [-0.15, -0.1) is 0 Å². The number of hydrogen-bond acceptors (Lipinski definition) is 1. The molecule has 1 nitrogen and oxygen atoms in total. The summed E-state index contributed by atoms with van der Waals surface area (Å²) in [6.45, 7) is 1.57. The van der Waals surface area contributed by atoms with Crippen molar-refractivity contribution in [2.24, 2.45) is 5.92 Å². The summed E-state index contributed by atoms with van der Waals surface area (Å²) in [5.74, 6) is -2.95. The summed E-state index contributed by atoms with van der Waals surface area (Å²) >= 11 is 0. The summed E-state index contributed by atoms with van der Waals surface area (Å²) in [5.41, 5.74) is 0. The van der Waals surface area contributed by atoms with Gasteiger partial charge in [-0.1, -0.05) is 25.7 Å². The van der Waals surface area contributed by atoms with Crippen molar-refractivity contribution in [2.75, 3.05) is 7.05 Å². The SMILES string of the molecule is CNC(C)C(F)(F)C1CCCCCC1. The van der Waals surface area contributed by atoms with E-state index in [1.54, 1.807) is 14.0 Å². The van der Waals surface area contributed by atoms with Gasteiger partial charge in [0.1, 0.15) is 0 Å². The summed E-state index contributed by atoms with van der Waals surface area (Å²) < 4.78 is 27.6. The lowest BCUT2D eigenvalue weighted by molar-refractivity contribution is -0.0878. The molecule has 1 fully saturated rings. The standard InChI is InChI=1S/C11H21F2N/c1-9(14-2)11(12,13)10-7-5-3-4-6-8-10/h9-10,14H,3-8H2,1-2H3. The van der Waals surface area contributed by atoms with E-state index < -0.39 is 17.9 Å². The molecule has 0 spiro atoms. The van der Waals surface area contributed by atoms with E-state index in [2.05, 4.69) is 5.32 Å². The fourth-order valence-electron chi connectivity index (χ4n) is 2.21. The minimum absolute atomic E-state index is 0.410. The van der Waals surface area contributed by atoms with Crippen molar-refractivity contribution in [1.29, 1.82) is 0 Å². The van der Waals surface area contributed by atoms with Gasteiger partial charge in [-0.25, -0.2) is 8.78 Å². The monoisotopic (exact) mass is 205 g/mol. The van der Waals surface area contributed by atoms with E-state index in [4.69, 9.17) is 0 Å². The van der Waals surface area contributed by atoms with Crippen LogP contribution in [0.1, 0.15) is 45.4 Å². The van der Waals surface area contributed by atoms with Gasteiger partial charge in [0.2, 0.25) is 0 Å². The largest absolute Gasteiger partial charge is 0.312 e. The molecule has 1 saturated carbocycles. The molecule has 1 rings (SSSR count). The van der Waals surface area contributed by atoms with Gasteiger partial charge in [0.05, 0.1) is 6.04 Å². The van der Waals surface area contributed by atoms with Crippen molar-refractivity contribution >= 4 is 0 Å². The van der Waals surface area contributed by atoms with Crippen molar-refractivity contribution in [3.05, 3.63) is 0 Å². The van der Waals surface area contributed by atoms with E-state index in [-0.39, 0.29) is 0 Å². The lowest BCUT2D eigenvalue weighted by Gasteiger charge is -2.30. The molecule has 84 valence electrons. The van der Waals surface area contributed by atoms with Gasteiger partial charge >= 0.3 is 0 Å². The molecule has 1 unspecified atom stereocenters. The second-order valence-electron chi connectivity index (χ2n) is 4.37. The zero-order chi connectivity index (χ0) is 10.6. The Morgan fingerprint density at radius 2 is 1.64 bits per heavy atom. The molecular formula is C11H21F2N. The molecular weight excluding hydrogens is 184 g/mol. The number of rotatable bonds is 3. The Morgan fingerprint density at radius 1 is 1.14 bits per heavy atom. The Labute approximate surface area is 85.3 Å². The maximum atomic E-state index is 13.8. The predicted molar refractivity (Wildman–Crippen MR) is 54.7 cm³/mol. The van der Waals surface area contributed by atoms with E-state index >= 15 is 0 Å². The smallest absolute Gasteiger partial charge is 0.265 e. The maximum absolute atomic E-state index is 13.8. The predicted octanol–water partition coefficient (Wildman–Crippen LogP) is 3.20. The van der Waals surface area contributed by atoms with Gasteiger partial charge in [-0.05, 0) is 26.8 Å². The molecule has 1 N–H and O–H groups in total. The Morgan fingerprint density at radius 3 is 2.07 bits per heavy atom. The van der Waals surface area contributed by atoms with E-state index in [1.165, 1.54) is 0 Å². The lowest BCUT2D eigenvalue weighted by Crippen LogP contribution is -2.46. The molecule has 0 aliphatic heterocycles. The van der Waals surface area contributed by atoms with Crippen LogP contribution in [0.25, 0.3) is 0 Å². The highest BCUT2D eigenvalue weighted by Crippen LogP contribution is 2.37. The zero-order valence-corrected chi connectivity index (χ0v) is 9.15. The molecule has 0 aromatic rings. The van der Waals surface area contributed by atoms with E-state index in [9.17, 15) is 8.78 Å². The summed E-state index contributed by atoms with van der Waals surface area (Å²) in [6, 6.07) is -0.703. The fraction of sp³-hybridized carbons (Fsp3) is 1.00. The number of nitrogens with one attached hydrogen (secondary N) is 1. The van der Waals surface area contributed by atoms with Gasteiger partial charge in [-0.3, -0.25) is 0 Å². The van der Waals surface area contributed by atoms with Crippen LogP contribution in [0.4, 0.5) is 8.78 Å². The zero-order valence-electron chi connectivity index (χ0n) is 9.15. The van der Waals surface area contributed by atoms with Crippen molar-refractivity contribution < 1.29 is 8.78 Å². The average molecular weight is 205 g/mol. The Hall–Kier alpha value is -0.180. The normalized spacial score (nSPS) is 23.1. The molecule has 0 aromatic carbocycles. The van der Waals surface area contributed by atoms with Gasteiger partial charge in [-0.2, -0.15) is 0 Å². The van der Waals surface area contributed by atoms with E-state index in [0.717, 1.165) is 25.7 Å². The van der Waals surface area contributed by atoms with Crippen LogP contribution in [0.3, 0.4) is 0 Å². The first kappa shape index (κ1) is 11.9. The van der Waals surface area contributed by atoms with Gasteiger partial charge in [0, 0.05) is 5.92 Å². The van der Waals surface area contributed by atoms with Crippen molar-refractivity contribution in [2.45, 2.75) is 57.4 Å². The molecule has 0 heterocycles. The third kappa shape index (κ3) is 2.66. The van der Waals surface area contributed by atoms with Gasteiger partial charge in [0.25, 0.3) is 5.92 Å². The highest BCUT2D eigenvalue weighted by Gasteiger charge is 2.43. The Bertz CT molecular complexity index is 163. The first-order valence-corrected chi connectivity index (χ1v) is 5.64. The molecule has 14 heavy (non-hydrogen) atoms. The maximum Gasteiger partial charge on any atom is 0.265 e. The molecule has 3 heteroatoms. The number of alkyl halides is 2. The van der Waals surface area contributed by atoms with Gasteiger partial charge in [0.15, 0.2) is 0 Å². The van der Waals surface area contributed by atoms with Crippen LogP contribution in [-0.4, -0.2) is 19.0 Å². The Balaban J connectivity index is 2.59. The van der Waals surface area contributed by atoms with Crippen LogP contribution in [0.15, 0.2) is 0 Å². The van der Waals surface area contributed by atoms with Crippen molar-refractivity contribution in [3.8, 4) is 0 Å². The lowest BCUT2D eigenvalue weighted by atomic mass is 9.89. The van der Waals surface area contributed by atoms with Crippen LogP contribution in [0, 0.1) is 5.92 Å². The first-order chi connectivity index (χ1) is 6.59. The molecule has 0 bridgehead atoms. The summed E-state index contributed by atoms with van der Waals surface area (Å²) in [5, 5.41) is 2.67. The topological polar surface area (TPSA) is 12.0 Å². The van der Waals surface area contributed by atoms with Crippen LogP contribution in [0.5, 0.6) is 0 Å². The fourth-order valence-corrected chi connectivity index (χ4v) is 2.21. The Kier molecular flexibility index (Phi) is 4.30. The second kappa shape index (κ2) is 5.06. The average Bonchev–Trinajstić information content (AvgIpc) is 2.44. The molecule has 1 atom stereocenters. The first-order valence-electron chi connectivity index (χ1n) is 5.64. The third-order valence-corrected chi connectivity index (χ3v) is 3.41. The summed E-state index contributed by atoms with van der Waals surface area (Å²) in [4.78, 5) is 0. The molecule has 1 aliphatic carbocycles. The number of hydrogen-bond donors (Lipinski definition) is 1. The van der Waals surface area contributed by atoms with Crippen LogP contribution < -0.4 is 5.32 Å². The number of halogens is 2. The van der Waals surface area contributed by atoms with Crippen LogP contribution in [0.2, 0.25) is 0 Å². The quantitative estimate of drug-likeness (QED) is 0.698. The molecule has 1 aliphatic rings. The molecule has 0 radical (unpaired) electrons. The van der Waals surface area contributed by atoms with Crippen LogP contribution in [-0.2, 0) is 0 Å². The second-order valence-corrected chi connectivity index (χ2v) is 4.37.